The number of benzene rings is 4. The molecule has 0 spiro atoms. The van der Waals surface area contributed by atoms with Crippen LogP contribution in [0.1, 0.15) is 24.0 Å². The molecule has 626 valence electrons. The Morgan fingerprint density at radius 2 is 0.615 bits per heavy atom. The summed E-state index contributed by atoms with van der Waals surface area (Å²) in [6, 6.07) is 8.94. The molecule has 0 aliphatic rings. The molecule has 3 N–H and O–H groups in total. The highest BCUT2D eigenvalue weighted by Crippen LogP contribution is 2.43. The third-order valence-corrected chi connectivity index (χ3v) is 16.2. The predicted molar refractivity (Wildman–Crippen MR) is 396 cm³/mol. The first kappa shape index (κ1) is 96.4. The number of carbonyl (C=O) groups is 3. The number of rotatable bonds is 81. The number of aryl methyl sites for hydroxylation is 2. The molecule has 0 aliphatic carbocycles. The second-order valence-electron chi connectivity index (χ2n) is 23.6. The Labute approximate surface area is 640 Å². The standard InChI is InChI=1S/C74H122N2O32S/c1-61-58-68(65-6-7-66-69(109(81,82)83)59-62(2)64-5-4-63(61)72(65)73(64)66)108-60-70(77)76-67(8-9-71(78)79)74(80)75-10-11-85-14-15-87-18-19-89-22-23-91-26-27-93-30-31-95-34-35-97-38-39-99-42-43-101-46-47-103-50-51-105-54-55-107-57-56-106-53-52-104-49-48-102-45-44-100-41-40-98-37-36-96-33-32-94-29-28-92-25-24-90-21-20-88-17-16-86-13-12-84-3/h4-7,58-59,67H,8-57,60H2,1-3H3,(H,75,80)(H,76,77)(H,78,79)(H,81,82,83)/p-1. The van der Waals surface area contributed by atoms with Gasteiger partial charge < -0.3 is 139 Å². The van der Waals surface area contributed by atoms with Gasteiger partial charge in [0.25, 0.3) is 5.91 Å². The molecule has 4 rings (SSSR count). The average molecular weight is 1580 g/mol. The van der Waals surface area contributed by atoms with Crippen LogP contribution in [0, 0.1) is 13.8 Å². The maximum Gasteiger partial charge on any atom is 0.303 e. The van der Waals surface area contributed by atoms with Crippen LogP contribution in [0.2, 0.25) is 0 Å². The fraction of sp³-hybridized carbons (Fsp3) is 0.743. The lowest BCUT2D eigenvalue weighted by atomic mass is 9.90. The third-order valence-electron chi connectivity index (χ3n) is 15.3. The second-order valence-corrected chi connectivity index (χ2v) is 25.0. The molecule has 2 amide bonds. The van der Waals surface area contributed by atoms with E-state index in [1.165, 1.54) is 6.07 Å². The Morgan fingerprint density at radius 1 is 0.367 bits per heavy atom. The number of nitrogens with one attached hydrogen (secondary N) is 2. The molecule has 4 aromatic rings. The number of carboxylic acids is 1. The van der Waals surface area contributed by atoms with Crippen LogP contribution in [0.15, 0.2) is 41.3 Å². The summed E-state index contributed by atoms with van der Waals surface area (Å²) in [4.78, 5) is 37.4. The fourth-order valence-electron chi connectivity index (χ4n) is 9.96. The van der Waals surface area contributed by atoms with E-state index >= 15 is 0 Å². The van der Waals surface area contributed by atoms with E-state index in [-0.39, 0.29) is 49.5 Å². The zero-order valence-electron chi connectivity index (χ0n) is 64.1. The lowest BCUT2D eigenvalue weighted by Gasteiger charge is -2.20. The highest BCUT2D eigenvalue weighted by atomic mass is 32.2. The number of hydrogen-bond donors (Lipinski definition) is 3. The quantitative estimate of drug-likeness (QED) is 0.0325. The summed E-state index contributed by atoms with van der Waals surface area (Å²) in [5.74, 6) is -2.07. The summed E-state index contributed by atoms with van der Waals surface area (Å²) in [5.41, 5.74) is 1.40. The number of methoxy groups -OCH3 is 1. The van der Waals surface area contributed by atoms with Gasteiger partial charge >= 0.3 is 5.97 Å². The lowest BCUT2D eigenvalue weighted by Crippen LogP contribution is -2.48. The van der Waals surface area contributed by atoms with E-state index in [9.17, 15) is 32.5 Å². The summed E-state index contributed by atoms with van der Waals surface area (Å²) in [6.45, 7) is 24.4. The molecule has 0 heterocycles. The SMILES string of the molecule is COCCOCCOCCOCCOCCOCCOCCOCCOCCOCCOCCOCCOCCOCCOCCOCCOCCOCCOCCOCCOCCOCCOCCOCCNC(=O)C(CCC(=O)O)NC(=O)COc1cc(C)c2ccc3c(C)cc(S(=O)(=O)[O-])c4ccc1c2c34. The van der Waals surface area contributed by atoms with E-state index in [4.69, 9.17) is 118 Å². The number of hydrogen-bond acceptors (Lipinski definition) is 31. The molecule has 1 atom stereocenters. The van der Waals surface area contributed by atoms with Crippen LogP contribution in [-0.4, -0.2) is 373 Å². The summed E-state index contributed by atoms with van der Waals surface area (Å²) >= 11 is 0. The van der Waals surface area contributed by atoms with Crippen molar-refractivity contribution in [3.05, 3.63) is 47.5 Å². The van der Waals surface area contributed by atoms with Crippen LogP contribution < -0.4 is 15.4 Å². The highest BCUT2D eigenvalue weighted by molar-refractivity contribution is 7.86. The first-order chi connectivity index (χ1) is 53.4. The maximum absolute atomic E-state index is 13.2. The third kappa shape index (κ3) is 48.7. The molecule has 0 radical (unpaired) electrons. The van der Waals surface area contributed by atoms with E-state index in [1.807, 2.05) is 19.1 Å². The van der Waals surface area contributed by atoms with Gasteiger partial charge in [0.1, 0.15) is 21.9 Å². The molecule has 4 aromatic carbocycles. The van der Waals surface area contributed by atoms with Crippen molar-refractivity contribution < 1.29 is 151 Å². The Balaban J connectivity index is 0.770. The largest absolute Gasteiger partial charge is 0.744 e. The Kier molecular flexibility index (Phi) is 58.9. The smallest absolute Gasteiger partial charge is 0.303 e. The Morgan fingerprint density at radius 3 is 0.890 bits per heavy atom. The van der Waals surface area contributed by atoms with Gasteiger partial charge in [0, 0.05) is 36.2 Å². The van der Waals surface area contributed by atoms with Crippen molar-refractivity contribution in [3.8, 4) is 5.75 Å². The monoisotopic (exact) mass is 1580 g/mol. The number of amides is 2. The maximum atomic E-state index is 13.2. The molecule has 109 heavy (non-hydrogen) atoms. The molecule has 0 aliphatic heterocycles. The van der Waals surface area contributed by atoms with Crippen LogP contribution in [0.4, 0.5) is 0 Å². The van der Waals surface area contributed by atoms with Crippen molar-refractivity contribution in [1.29, 1.82) is 0 Å². The summed E-state index contributed by atoms with van der Waals surface area (Å²) in [6.07, 6.45) is -0.547. The van der Waals surface area contributed by atoms with Gasteiger partial charge in [-0.2, -0.15) is 0 Å². The number of aliphatic carboxylic acids is 1. The van der Waals surface area contributed by atoms with Gasteiger partial charge in [-0.15, -0.1) is 0 Å². The van der Waals surface area contributed by atoms with Gasteiger partial charge in [-0.05, 0) is 65.8 Å². The summed E-state index contributed by atoms with van der Waals surface area (Å²) < 4.78 is 174. The summed E-state index contributed by atoms with van der Waals surface area (Å²) in [7, 11) is -3.15. The number of carbonyl (C=O) groups excluding carboxylic acids is 2. The fourth-order valence-corrected chi connectivity index (χ4v) is 10.7. The van der Waals surface area contributed by atoms with E-state index in [1.54, 1.807) is 32.2 Å². The van der Waals surface area contributed by atoms with Gasteiger partial charge in [-0.1, -0.05) is 18.2 Å². The first-order valence-corrected chi connectivity index (χ1v) is 38.7. The summed E-state index contributed by atoms with van der Waals surface area (Å²) in [5, 5.41) is 18.3. The molecule has 0 saturated carbocycles. The van der Waals surface area contributed by atoms with Crippen molar-refractivity contribution in [2.75, 3.05) is 331 Å². The molecule has 0 aromatic heterocycles. The van der Waals surface area contributed by atoms with Gasteiger partial charge in [0.15, 0.2) is 6.61 Å². The van der Waals surface area contributed by atoms with Crippen molar-refractivity contribution in [3.63, 3.8) is 0 Å². The molecular weight excluding hydrogens is 1460 g/mol. The van der Waals surface area contributed by atoms with Crippen LogP contribution in [0.3, 0.4) is 0 Å². The molecular formula is C74H121N2O32S-. The molecule has 35 heteroatoms. The van der Waals surface area contributed by atoms with Gasteiger partial charge in [0.05, 0.1) is 315 Å². The lowest BCUT2D eigenvalue weighted by molar-refractivity contribution is -0.138. The van der Waals surface area contributed by atoms with E-state index in [2.05, 4.69) is 10.6 Å². The average Bonchev–Trinajstić information content (AvgIpc) is 0.719. The Hall–Kier alpha value is -4.92. The molecule has 34 nitrogen and oxygen atoms in total. The zero-order chi connectivity index (χ0) is 78.0. The Bertz CT molecular complexity index is 2990. The van der Waals surface area contributed by atoms with Crippen LogP contribution in [-0.2, 0) is 138 Å². The molecule has 1 unspecified atom stereocenters. The molecule has 0 saturated heterocycles. The topological polar surface area (TPSA) is 383 Å². The minimum Gasteiger partial charge on any atom is -0.744 e. The van der Waals surface area contributed by atoms with Crippen LogP contribution in [0.25, 0.3) is 32.3 Å². The van der Waals surface area contributed by atoms with Crippen LogP contribution >= 0.6 is 0 Å². The number of carboxylic acid groups (broad SMARTS) is 1. The van der Waals surface area contributed by atoms with E-state index in [0.717, 1.165) is 16.3 Å². The second kappa shape index (κ2) is 66.5. The van der Waals surface area contributed by atoms with Crippen molar-refractivity contribution in [2.24, 2.45) is 0 Å². The minimum absolute atomic E-state index is 0.0934. The first-order valence-electron chi connectivity index (χ1n) is 37.3. The van der Waals surface area contributed by atoms with E-state index < -0.39 is 40.6 Å². The van der Waals surface area contributed by atoms with Gasteiger partial charge in [-0.25, -0.2) is 8.42 Å². The van der Waals surface area contributed by atoms with Gasteiger partial charge in [0.2, 0.25) is 5.91 Å². The molecule has 0 bridgehead atoms. The predicted octanol–water partition coefficient (Wildman–Crippen LogP) is 2.98. The van der Waals surface area contributed by atoms with Crippen molar-refractivity contribution >= 4 is 60.2 Å². The van der Waals surface area contributed by atoms with Crippen molar-refractivity contribution in [1.82, 2.24) is 10.6 Å². The number of ether oxygens (including phenoxy) is 25. The normalized spacial score (nSPS) is 12.2. The van der Waals surface area contributed by atoms with E-state index in [0.29, 0.717) is 318 Å². The molecule has 0 fully saturated rings. The minimum atomic E-state index is -4.79. The zero-order valence-corrected chi connectivity index (χ0v) is 64.9. The van der Waals surface area contributed by atoms with Crippen molar-refractivity contribution in [2.45, 2.75) is 37.6 Å². The van der Waals surface area contributed by atoms with Gasteiger partial charge in [-0.3, -0.25) is 14.4 Å². The van der Waals surface area contributed by atoms with Crippen LogP contribution in [0.5, 0.6) is 5.75 Å². The highest BCUT2D eigenvalue weighted by Gasteiger charge is 2.24.